The first kappa shape index (κ1) is 15.5. The number of carbonyl (C=O) groups is 1. The second kappa shape index (κ2) is 7.22. The van der Waals surface area contributed by atoms with E-state index in [-0.39, 0.29) is 11.5 Å². The van der Waals surface area contributed by atoms with Crippen molar-refractivity contribution in [2.45, 2.75) is 38.6 Å². The molecular formula is C18H21N3O2. The SMILES string of the molecule is O=C(CCc1ccccc1)NCCn1nc2c(cc1=O)CCC2. The summed E-state index contributed by atoms with van der Waals surface area (Å²) in [6.07, 6.45) is 4.15. The molecule has 120 valence electrons. The third-order valence-corrected chi connectivity index (χ3v) is 4.15. The van der Waals surface area contributed by atoms with Gasteiger partial charge in [-0.15, -0.1) is 0 Å². The van der Waals surface area contributed by atoms with Gasteiger partial charge in [0.1, 0.15) is 0 Å². The van der Waals surface area contributed by atoms with E-state index in [0.717, 1.165) is 42.5 Å². The maximum Gasteiger partial charge on any atom is 0.267 e. The standard InChI is InChI=1S/C18H21N3O2/c22-17(10-9-14-5-2-1-3-6-14)19-11-12-21-18(23)13-15-7-4-8-16(15)20-21/h1-3,5-6,13H,4,7-12H2,(H,19,22). The Morgan fingerprint density at radius 1 is 1.22 bits per heavy atom. The van der Waals surface area contributed by atoms with Crippen molar-refractivity contribution in [3.8, 4) is 0 Å². The number of carbonyl (C=O) groups excluding carboxylic acids is 1. The number of aromatic nitrogens is 2. The summed E-state index contributed by atoms with van der Waals surface area (Å²) < 4.78 is 1.46. The van der Waals surface area contributed by atoms with E-state index >= 15 is 0 Å². The first-order valence-corrected chi connectivity index (χ1v) is 8.13. The van der Waals surface area contributed by atoms with Crippen LogP contribution in [-0.4, -0.2) is 22.2 Å². The van der Waals surface area contributed by atoms with Crippen LogP contribution in [0.25, 0.3) is 0 Å². The molecule has 0 saturated carbocycles. The molecule has 0 radical (unpaired) electrons. The normalized spacial score (nSPS) is 12.9. The fourth-order valence-corrected chi connectivity index (χ4v) is 2.89. The topological polar surface area (TPSA) is 64.0 Å². The van der Waals surface area contributed by atoms with E-state index < -0.39 is 0 Å². The molecule has 3 rings (SSSR count). The van der Waals surface area contributed by atoms with E-state index in [1.807, 2.05) is 30.3 Å². The van der Waals surface area contributed by atoms with Gasteiger partial charge >= 0.3 is 0 Å². The number of hydrogen-bond donors (Lipinski definition) is 1. The molecular weight excluding hydrogens is 290 g/mol. The molecule has 0 fully saturated rings. The van der Waals surface area contributed by atoms with Gasteiger partial charge in [-0.1, -0.05) is 30.3 Å². The minimum atomic E-state index is -0.0795. The Kier molecular flexibility index (Phi) is 4.86. The van der Waals surface area contributed by atoms with Crippen molar-refractivity contribution in [2.75, 3.05) is 6.54 Å². The molecule has 0 bridgehead atoms. The van der Waals surface area contributed by atoms with Crippen molar-refractivity contribution in [1.82, 2.24) is 15.1 Å². The van der Waals surface area contributed by atoms with Crippen LogP contribution in [0.1, 0.15) is 29.7 Å². The van der Waals surface area contributed by atoms with Crippen LogP contribution in [0.15, 0.2) is 41.2 Å². The van der Waals surface area contributed by atoms with Gasteiger partial charge in [-0.25, -0.2) is 4.68 Å². The number of hydrogen-bond acceptors (Lipinski definition) is 3. The molecule has 1 N–H and O–H groups in total. The number of benzene rings is 1. The number of rotatable bonds is 6. The average molecular weight is 311 g/mol. The lowest BCUT2D eigenvalue weighted by Crippen LogP contribution is -2.32. The largest absolute Gasteiger partial charge is 0.354 e. The molecule has 0 atom stereocenters. The van der Waals surface area contributed by atoms with Crippen LogP contribution in [0, 0.1) is 0 Å². The maximum atomic E-state index is 12.0. The molecule has 0 unspecified atom stereocenters. The van der Waals surface area contributed by atoms with Crippen molar-refractivity contribution >= 4 is 5.91 Å². The lowest BCUT2D eigenvalue weighted by atomic mass is 10.1. The van der Waals surface area contributed by atoms with Gasteiger partial charge in [0.2, 0.25) is 5.91 Å². The number of amides is 1. The molecule has 5 nitrogen and oxygen atoms in total. The van der Waals surface area contributed by atoms with Crippen molar-refractivity contribution in [2.24, 2.45) is 0 Å². The highest BCUT2D eigenvalue weighted by Crippen LogP contribution is 2.16. The zero-order chi connectivity index (χ0) is 16.1. The second-order valence-corrected chi connectivity index (χ2v) is 5.87. The van der Waals surface area contributed by atoms with Crippen LogP contribution in [-0.2, 0) is 30.6 Å². The van der Waals surface area contributed by atoms with Gasteiger partial charge in [-0.05, 0) is 36.8 Å². The van der Waals surface area contributed by atoms with Crippen molar-refractivity contribution in [3.05, 3.63) is 63.6 Å². The van der Waals surface area contributed by atoms with E-state index in [1.165, 1.54) is 4.68 Å². The Hall–Kier alpha value is -2.43. The predicted molar refractivity (Wildman–Crippen MR) is 88.3 cm³/mol. The van der Waals surface area contributed by atoms with E-state index in [9.17, 15) is 9.59 Å². The summed E-state index contributed by atoms with van der Waals surface area (Å²) in [4.78, 5) is 23.8. The molecule has 1 heterocycles. The first-order valence-electron chi connectivity index (χ1n) is 8.13. The summed E-state index contributed by atoms with van der Waals surface area (Å²) in [6, 6.07) is 11.6. The van der Waals surface area contributed by atoms with E-state index in [2.05, 4.69) is 10.4 Å². The molecule has 23 heavy (non-hydrogen) atoms. The van der Waals surface area contributed by atoms with Gasteiger partial charge < -0.3 is 5.32 Å². The summed E-state index contributed by atoms with van der Waals surface area (Å²) in [5.74, 6) is 0.00284. The summed E-state index contributed by atoms with van der Waals surface area (Å²) in [6.45, 7) is 0.850. The highest BCUT2D eigenvalue weighted by atomic mass is 16.1. The fourth-order valence-electron chi connectivity index (χ4n) is 2.89. The third kappa shape index (κ3) is 4.06. The monoisotopic (exact) mass is 311 g/mol. The van der Waals surface area contributed by atoms with E-state index in [1.54, 1.807) is 6.07 Å². The summed E-state index contributed by atoms with van der Waals surface area (Å²) >= 11 is 0. The lowest BCUT2D eigenvalue weighted by Gasteiger charge is -2.08. The Balaban J connectivity index is 1.46. The van der Waals surface area contributed by atoms with Crippen LogP contribution in [0.3, 0.4) is 0 Å². The van der Waals surface area contributed by atoms with Gasteiger partial charge in [-0.3, -0.25) is 9.59 Å². The first-order chi connectivity index (χ1) is 11.2. The van der Waals surface area contributed by atoms with Crippen molar-refractivity contribution in [3.63, 3.8) is 0 Å². The van der Waals surface area contributed by atoms with Crippen LogP contribution in [0.4, 0.5) is 0 Å². The van der Waals surface area contributed by atoms with E-state index in [0.29, 0.717) is 19.5 Å². The third-order valence-electron chi connectivity index (χ3n) is 4.15. The van der Waals surface area contributed by atoms with Gasteiger partial charge in [0.25, 0.3) is 5.56 Å². The molecule has 1 aromatic heterocycles. The number of aryl methyl sites for hydroxylation is 3. The predicted octanol–water partition coefficient (Wildman–Crippen LogP) is 1.48. The van der Waals surface area contributed by atoms with Crippen LogP contribution < -0.4 is 10.9 Å². The smallest absolute Gasteiger partial charge is 0.267 e. The van der Waals surface area contributed by atoms with Crippen LogP contribution in [0.2, 0.25) is 0 Å². The van der Waals surface area contributed by atoms with Crippen molar-refractivity contribution < 1.29 is 4.79 Å². The molecule has 0 saturated heterocycles. The Morgan fingerprint density at radius 2 is 2.04 bits per heavy atom. The Bertz CT molecular complexity index is 738. The molecule has 5 heteroatoms. The number of nitrogens with zero attached hydrogens (tertiary/aromatic N) is 2. The molecule has 1 amide bonds. The quantitative estimate of drug-likeness (QED) is 0.879. The zero-order valence-electron chi connectivity index (χ0n) is 13.1. The van der Waals surface area contributed by atoms with Gasteiger partial charge in [0.05, 0.1) is 12.2 Å². The Labute approximate surface area is 135 Å². The van der Waals surface area contributed by atoms with Gasteiger partial charge in [0, 0.05) is 19.0 Å². The maximum absolute atomic E-state index is 12.0. The summed E-state index contributed by atoms with van der Waals surface area (Å²) in [7, 11) is 0. The Morgan fingerprint density at radius 3 is 2.87 bits per heavy atom. The molecule has 0 aliphatic heterocycles. The lowest BCUT2D eigenvalue weighted by molar-refractivity contribution is -0.121. The summed E-state index contributed by atoms with van der Waals surface area (Å²) in [5, 5.41) is 7.25. The molecule has 0 spiro atoms. The fraction of sp³-hybridized carbons (Fsp3) is 0.389. The zero-order valence-corrected chi connectivity index (χ0v) is 13.1. The number of fused-ring (bicyclic) bond motifs is 1. The second-order valence-electron chi connectivity index (χ2n) is 5.87. The molecule has 2 aromatic rings. The van der Waals surface area contributed by atoms with Gasteiger partial charge in [0.15, 0.2) is 0 Å². The molecule has 1 aromatic carbocycles. The summed E-state index contributed by atoms with van der Waals surface area (Å²) in [5.41, 5.74) is 3.18. The van der Waals surface area contributed by atoms with Crippen LogP contribution >= 0.6 is 0 Å². The minimum Gasteiger partial charge on any atom is -0.354 e. The highest BCUT2D eigenvalue weighted by molar-refractivity contribution is 5.76. The highest BCUT2D eigenvalue weighted by Gasteiger charge is 2.14. The molecule has 1 aliphatic rings. The minimum absolute atomic E-state index is 0.00284. The number of nitrogens with one attached hydrogen (secondary N) is 1. The molecule has 1 aliphatic carbocycles. The van der Waals surface area contributed by atoms with Crippen LogP contribution in [0.5, 0.6) is 0 Å². The van der Waals surface area contributed by atoms with E-state index in [4.69, 9.17) is 0 Å². The average Bonchev–Trinajstić information content (AvgIpc) is 3.01. The van der Waals surface area contributed by atoms with Crippen molar-refractivity contribution in [1.29, 1.82) is 0 Å². The van der Waals surface area contributed by atoms with Gasteiger partial charge in [-0.2, -0.15) is 5.10 Å².